The van der Waals surface area contributed by atoms with E-state index in [4.69, 9.17) is 21.1 Å². The van der Waals surface area contributed by atoms with Crippen molar-refractivity contribution in [1.82, 2.24) is 0 Å². The Morgan fingerprint density at radius 3 is 2.50 bits per heavy atom. The summed E-state index contributed by atoms with van der Waals surface area (Å²) in [5, 5.41) is 0.257. The van der Waals surface area contributed by atoms with Crippen LogP contribution in [0, 0.1) is 5.82 Å². The van der Waals surface area contributed by atoms with Gasteiger partial charge in [0.05, 0.1) is 23.5 Å². The quantitative estimate of drug-likeness (QED) is 0.465. The van der Waals surface area contributed by atoms with Crippen molar-refractivity contribution in [1.29, 1.82) is 0 Å². The van der Waals surface area contributed by atoms with E-state index in [1.165, 1.54) is 25.1 Å². The standard InChI is InChI=1S/C20H21ClFNO6S/c1-4-28-20(25)15-6-8-18(17(22)10-15)23(30(26)27)19-11-16(21)7-5-14(19)9-12(2)29-13(3)24/h5-8,10-12H,4,9H2,1-3H3,(H,26,27). The van der Waals surface area contributed by atoms with E-state index in [0.717, 1.165) is 10.4 Å². The smallest absolute Gasteiger partial charge is 0.338 e. The van der Waals surface area contributed by atoms with Gasteiger partial charge in [0.15, 0.2) is 0 Å². The lowest BCUT2D eigenvalue weighted by Gasteiger charge is -2.25. The molecule has 10 heteroatoms. The molecule has 2 aromatic rings. The molecule has 7 nitrogen and oxygen atoms in total. The number of hydrogen-bond donors (Lipinski definition) is 1. The Hall–Kier alpha value is -2.49. The van der Waals surface area contributed by atoms with Crippen molar-refractivity contribution in [2.75, 3.05) is 10.9 Å². The van der Waals surface area contributed by atoms with Crippen molar-refractivity contribution < 1.29 is 32.2 Å². The third kappa shape index (κ3) is 6.01. The summed E-state index contributed by atoms with van der Waals surface area (Å²) in [5.74, 6) is -2.08. The van der Waals surface area contributed by atoms with Crippen molar-refractivity contribution >= 4 is 46.2 Å². The lowest BCUT2D eigenvalue weighted by atomic mass is 10.1. The summed E-state index contributed by atoms with van der Waals surface area (Å²) in [6, 6.07) is 8.00. The first kappa shape index (κ1) is 23.8. The molecule has 0 aliphatic heterocycles. The van der Waals surface area contributed by atoms with Crippen molar-refractivity contribution in [2.24, 2.45) is 0 Å². The number of halogens is 2. The molecule has 0 fully saturated rings. The summed E-state index contributed by atoms with van der Waals surface area (Å²) in [7, 11) is 0. The summed E-state index contributed by atoms with van der Waals surface area (Å²) in [6.07, 6.45) is -0.338. The zero-order chi connectivity index (χ0) is 22.4. The summed E-state index contributed by atoms with van der Waals surface area (Å²) in [4.78, 5) is 23.0. The molecule has 0 heterocycles. The molecule has 0 aliphatic carbocycles. The van der Waals surface area contributed by atoms with Crippen molar-refractivity contribution in [2.45, 2.75) is 33.3 Å². The minimum absolute atomic E-state index is 0.0310. The zero-order valence-electron chi connectivity index (χ0n) is 16.6. The number of rotatable bonds is 8. The summed E-state index contributed by atoms with van der Waals surface area (Å²) >= 11 is 3.40. The lowest BCUT2D eigenvalue weighted by molar-refractivity contribution is -0.145. The molecule has 0 aliphatic rings. The van der Waals surface area contributed by atoms with Crippen LogP contribution in [0.4, 0.5) is 15.8 Å². The molecule has 2 atom stereocenters. The molecular weight excluding hydrogens is 437 g/mol. The fourth-order valence-electron chi connectivity index (χ4n) is 2.84. The Labute approximate surface area is 181 Å². The maximum atomic E-state index is 14.8. The second-order valence-corrected chi connectivity index (χ2v) is 7.57. The molecule has 2 rings (SSSR count). The molecule has 2 unspecified atom stereocenters. The fraction of sp³-hybridized carbons (Fsp3) is 0.300. The number of benzene rings is 2. The van der Waals surface area contributed by atoms with Crippen molar-refractivity contribution in [3.63, 3.8) is 0 Å². The van der Waals surface area contributed by atoms with Gasteiger partial charge in [-0.1, -0.05) is 17.7 Å². The Morgan fingerprint density at radius 1 is 1.23 bits per heavy atom. The Kier molecular flexibility index (Phi) is 8.33. The van der Waals surface area contributed by atoms with Crippen LogP contribution in [0.1, 0.15) is 36.7 Å². The monoisotopic (exact) mass is 457 g/mol. The number of carbonyl (C=O) groups is 2. The van der Waals surface area contributed by atoms with Gasteiger partial charge in [0, 0.05) is 18.4 Å². The van der Waals surface area contributed by atoms with E-state index in [2.05, 4.69) is 0 Å². The van der Waals surface area contributed by atoms with E-state index in [9.17, 15) is 22.7 Å². The third-order valence-corrected chi connectivity index (χ3v) is 4.92. The first-order chi connectivity index (χ1) is 14.1. The Morgan fingerprint density at radius 2 is 1.93 bits per heavy atom. The normalized spacial score (nSPS) is 12.7. The first-order valence-corrected chi connectivity index (χ1v) is 10.4. The summed E-state index contributed by atoms with van der Waals surface area (Å²) in [6.45, 7) is 4.68. The Balaban J connectivity index is 2.51. The van der Waals surface area contributed by atoms with E-state index in [0.29, 0.717) is 5.56 Å². The highest BCUT2D eigenvalue weighted by molar-refractivity contribution is 7.81. The molecule has 30 heavy (non-hydrogen) atoms. The van der Waals surface area contributed by atoms with E-state index >= 15 is 0 Å². The number of esters is 2. The topological polar surface area (TPSA) is 93.1 Å². The minimum atomic E-state index is -2.67. The molecule has 162 valence electrons. The van der Waals surface area contributed by atoms with Crippen molar-refractivity contribution in [3.8, 4) is 0 Å². The van der Waals surface area contributed by atoms with Gasteiger partial charge in [-0.2, -0.15) is 0 Å². The van der Waals surface area contributed by atoms with Gasteiger partial charge in [0.1, 0.15) is 11.9 Å². The number of anilines is 2. The van der Waals surface area contributed by atoms with Gasteiger partial charge in [-0.3, -0.25) is 9.35 Å². The number of nitrogens with zero attached hydrogens (tertiary/aromatic N) is 1. The Bertz CT molecular complexity index is 970. The largest absolute Gasteiger partial charge is 0.463 e. The molecule has 1 N–H and O–H groups in total. The number of carbonyl (C=O) groups excluding carboxylic acids is 2. The van der Waals surface area contributed by atoms with E-state index in [1.54, 1.807) is 26.0 Å². The predicted octanol–water partition coefficient (Wildman–Crippen LogP) is 4.42. The van der Waals surface area contributed by atoms with E-state index in [1.807, 2.05) is 0 Å². The zero-order valence-corrected chi connectivity index (χ0v) is 18.1. The van der Waals surface area contributed by atoms with Crippen LogP contribution in [0.3, 0.4) is 0 Å². The maximum absolute atomic E-state index is 14.8. The van der Waals surface area contributed by atoms with Crippen LogP contribution in [0.5, 0.6) is 0 Å². The molecule has 0 aromatic heterocycles. The highest BCUT2D eigenvalue weighted by Crippen LogP contribution is 2.35. The van der Waals surface area contributed by atoms with Crippen LogP contribution < -0.4 is 4.31 Å². The molecule has 2 aromatic carbocycles. The molecular formula is C20H21ClFNO6S. The maximum Gasteiger partial charge on any atom is 0.338 e. The molecule has 0 amide bonds. The van der Waals surface area contributed by atoms with Gasteiger partial charge < -0.3 is 9.47 Å². The van der Waals surface area contributed by atoms with Crippen LogP contribution in [-0.2, 0) is 32.0 Å². The predicted molar refractivity (Wildman–Crippen MR) is 112 cm³/mol. The lowest BCUT2D eigenvalue weighted by Crippen LogP contribution is -2.24. The fourth-order valence-corrected chi connectivity index (χ4v) is 3.67. The van der Waals surface area contributed by atoms with Crippen LogP contribution in [-0.4, -0.2) is 33.4 Å². The van der Waals surface area contributed by atoms with Crippen LogP contribution in [0.25, 0.3) is 0 Å². The molecule has 0 radical (unpaired) electrons. The molecule has 0 saturated heterocycles. The third-order valence-electron chi connectivity index (χ3n) is 3.97. The van der Waals surface area contributed by atoms with Gasteiger partial charge >= 0.3 is 11.9 Å². The van der Waals surface area contributed by atoms with Crippen molar-refractivity contribution in [3.05, 3.63) is 58.4 Å². The molecule has 0 saturated carbocycles. The second-order valence-electron chi connectivity index (χ2n) is 6.31. The number of hydrogen-bond acceptors (Lipinski definition) is 5. The minimum Gasteiger partial charge on any atom is -0.463 e. The average molecular weight is 458 g/mol. The van der Waals surface area contributed by atoms with Gasteiger partial charge in [-0.05, 0) is 49.7 Å². The summed E-state index contributed by atoms with van der Waals surface area (Å²) < 4.78 is 47.7. The second kappa shape index (κ2) is 10.5. The van der Waals surface area contributed by atoms with E-state index in [-0.39, 0.29) is 35.0 Å². The number of ether oxygens (including phenoxy) is 2. The average Bonchev–Trinajstić information content (AvgIpc) is 2.64. The van der Waals surface area contributed by atoms with E-state index < -0.39 is 35.1 Å². The van der Waals surface area contributed by atoms with Crippen LogP contribution in [0.15, 0.2) is 36.4 Å². The first-order valence-electron chi connectivity index (χ1n) is 8.97. The molecule has 0 spiro atoms. The SMILES string of the molecule is CCOC(=O)c1ccc(N(c2cc(Cl)ccc2CC(C)OC(C)=O)S(=O)O)c(F)c1. The van der Waals surface area contributed by atoms with Gasteiger partial charge in [0.25, 0.3) is 11.3 Å². The van der Waals surface area contributed by atoms with Gasteiger partial charge in [-0.15, -0.1) is 0 Å². The van der Waals surface area contributed by atoms with Gasteiger partial charge in [0.2, 0.25) is 0 Å². The summed E-state index contributed by atoms with van der Waals surface area (Å²) in [5.41, 5.74) is 0.388. The van der Waals surface area contributed by atoms with Gasteiger partial charge in [-0.25, -0.2) is 17.7 Å². The highest BCUT2D eigenvalue weighted by atomic mass is 35.5. The van der Waals surface area contributed by atoms with Crippen LogP contribution in [0.2, 0.25) is 5.02 Å². The highest BCUT2D eigenvalue weighted by Gasteiger charge is 2.24. The molecule has 0 bridgehead atoms. The van der Waals surface area contributed by atoms with Crippen LogP contribution >= 0.6 is 11.6 Å².